The molecule has 0 aliphatic heterocycles. The number of nitrogens with two attached hydrogens (primary N) is 1. The summed E-state index contributed by atoms with van der Waals surface area (Å²) in [5.41, 5.74) is 5.62. The van der Waals surface area contributed by atoms with Gasteiger partial charge in [-0.2, -0.15) is 5.26 Å². The number of ether oxygens (including phenoxy) is 1. The maximum absolute atomic E-state index is 11.9. The normalized spacial score (nSPS) is 14.0. The van der Waals surface area contributed by atoms with E-state index in [4.69, 9.17) is 15.7 Å². The van der Waals surface area contributed by atoms with E-state index in [-0.39, 0.29) is 18.3 Å². The molecule has 0 aromatic heterocycles. The second-order valence-electron chi connectivity index (χ2n) is 5.09. The van der Waals surface area contributed by atoms with E-state index in [2.05, 4.69) is 5.32 Å². The second-order valence-corrected chi connectivity index (χ2v) is 5.09. The molecule has 0 saturated carbocycles. The topological polar surface area (TPSA) is 105 Å². The Balaban J connectivity index is 4.49. The maximum atomic E-state index is 11.9. The van der Waals surface area contributed by atoms with Gasteiger partial charge in [0, 0.05) is 13.0 Å². The van der Waals surface area contributed by atoms with Gasteiger partial charge in [0.1, 0.15) is 12.1 Å². The van der Waals surface area contributed by atoms with Crippen LogP contribution >= 0.6 is 0 Å². The zero-order valence-electron chi connectivity index (χ0n) is 12.0. The summed E-state index contributed by atoms with van der Waals surface area (Å²) < 4.78 is 4.78. The number of hydrogen-bond donors (Lipinski definition) is 2. The van der Waals surface area contributed by atoms with E-state index in [9.17, 15) is 9.59 Å². The Labute approximate surface area is 114 Å². The zero-order valence-corrected chi connectivity index (χ0v) is 12.0. The van der Waals surface area contributed by atoms with Crippen LogP contribution in [-0.4, -0.2) is 30.6 Å². The Morgan fingerprint density at radius 2 is 1.79 bits per heavy atom. The summed E-state index contributed by atoms with van der Waals surface area (Å²) in [4.78, 5) is 23.5. The van der Waals surface area contributed by atoms with Gasteiger partial charge in [-0.05, 0) is 11.8 Å². The number of nitrogens with zero attached hydrogens (tertiary/aromatic N) is 1. The molecule has 0 amide bonds. The highest BCUT2D eigenvalue weighted by Crippen LogP contribution is 2.07. The highest BCUT2D eigenvalue weighted by atomic mass is 16.6. The van der Waals surface area contributed by atoms with Crippen molar-refractivity contribution in [1.29, 1.82) is 5.26 Å². The largest absolute Gasteiger partial charge is 0.391 e. The third kappa shape index (κ3) is 6.32. The van der Waals surface area contributed by atoms with Crippen molar-refractivity contribution in [3.05, 3.63) is 0 Å². The van der Waals surface area contributed by atoms with Crippen molar-refractivity contribution in [3.63, 3.8) is 0 Å². The summed E-state index contributed by atoms with van der Waals surface area (Å²) in [6, 6.07) is 0.550. The average Bonchev–Trinajstić information content (AvgIpc) is 2.32. The minimum atomic E-state index is -0.809. The lowest BCUT2D eigenvalue weighted by Gasteiger charge is -2.21. The first-order valence-corrected chi connectivity index (χ1v) is 6.42. The van der Waals surface area contributed by atoms with E-state index < -0.39 is 24.0 Å². The maximum Gasteiger partial charge on any atom is 0.331 e. The number of esters is 2. The molecule has 0 rings (SSSR count). The fourth-order valence-corrected chi connectivity index (χ4v) is 1.38. The number of nitriles is 1. The van der Waals surface area contributed by atoms with Crippen molar-refractivity contribution in [2.75, 3.05) is 6.54 Å². The monoisotopic (exact) mass is 269 g/mol. The van der Waals surface area contributed by atoms with E-state index >= 15 is 0 Å². The Kier molecular flexibility index (Phi) is 7.96. The Morgan fingerprint density at radius 3 is 2.21 bits per heavy atom. The molecule has 3 N–H and O–H groups in total. The minimum Gasteiger partial charge on any atom is -0.391 e. The van der Waals surface area contributed by atoms with E-state index in [0.29, 0.717) is 6.54 Å². The number of rotatable bonds is 7. The summed E-state index contributed by atoms with van der Waals surface area (Å²) >= 11 is 0. The predicted molar refractivity (Wildman–Crippen MR) is 70.8 cm³/mol. The molecule has 6 heteroatoms. The van der Waals surface area contributed by atoms with Gasteiger partial charge in [0.2, 0.25) is 0 Å². The molecular formula is C13H23N3O3. The number of carbonyl (C=O) groups excluding carboxylic acids is 2. The van der Waals surface area contributed by atoms with Gasteiger partial charge in [-0.25, -0.2) is 9.59 Å². The van der Waals surface area contributed by atoms with Crippen LogP contribution in [0.5, 0.6) is 0 Å². The third-order valence-electron chi connectivity index (χ3n) is 2.71. The van der Waals surface area contributed by atoms with Gasteiger partial charge in [0.15, 0.2) is 0 Å². The van der Waals surface area contributed by atoms with Crippen molar-refractivity contribution >= 4 is 11.9 Å². The van der Waals surface area contributed by atoms with Crippen LogP contribution in [0, 0.1) is 23.2 Å². The van der Waals surface area contributed by atoms with Crippen LogP contribution in [0.15, 0.2) is 0 Å². The van der Waals surface area contributed by atoms with E-state index in [0.717, 1.165) is 0 Å². The van der Waals surface area contributed by atoms with Crippen LogP contribution < -0.4 is 11.1 Å². The molecule has 0 bridgehead atoms. The molecule has 0 aromatic rings. The lowest BCUT2D eigenvalue weighted by Crippen LogP contribution is -2.46. The number of hydrogen-bond acceptors (Lipinski definition) is 6. The Morgan fingerprint density at radius 1 is 1.21 bits per heavy atom. The molecule has 0 unspecified atom stereocenters. The van der Waals surface area contributed by atoms with Crippen molar-refractivity contribution in [2.45, 2.75) is 46.2 Å². The number of nitrogens with one attached hydrogen (secondary N) is 1. The van der Waals surface area contributed by atoms with Gasteiger partial charge >= 0.3 is 11.9 Å². The first-order valence-electron chi connectivity index (χ1n) is 6.42. The van der Waals surface area contributed by atoms with Crippen LogP contribution in [0.3, 0.4) is 0 Å². The van der Waals surface area contributed by atoms with Crippen LogP contribution in [0.25, 0.3) is 0 Å². The summed E-state index contributed by atoms with van der Waals surface area (Å²) in [6.07, 6.45) is 0.288. The average molecular weight is 269 g/mol. The molecular weight excluding hydrogens is 246 g/mol. The van der Waals surface area contributed by atoms with E-state index in [1.807, 2.05) is 19.9 Å². The van der Waals surface area contributed by atoms with Gasteiger partial charge in [-0.15, -0.1) is 0 Å². The fourth-order valence-electron chi connectivity index (χ4n) is 1.38. The van der Waals surface area contributed by atoms with Crippen LogP contribution in [0.2, 0.25) is 0 Å². The molecule has 0 fully saturated rings. The fraction of sp³-hybridized carbons (Fsp3) is 0.769. The summed E-state index contributed by atoms with van der Waals surface area (Å²) in [5, 5.41) is 11.4. The minimum absolute atomic E-state index is 0.0470. The molecule has 6 nitrogen and oxygen atoms in total. The lowest BCUT2D eigenvalue weighted by atomic mass is 10.0. The quantitative estimate of drug-likeness (QED) is 0.397. The standard InChI is InChI=1S/C13H23N3O3/c1-8(2)10(15)12(17)19-13(18)11(9(3)4)16-7-5-6-14/h8-11,16H,5,7,15H2,1-4H3/t10-,11-/m0/s1. The summed E-state index contributed by atoms with van der Waals surface area (Å²) in [5.74, 6) is -1.50. The first-order chi connectivity index (χ1) is 8.81. The van der Waals surface area contributed by atoms with Crippen molar-refractivity contribution in [3.8, 4) is 6.07 Å². The molecule has 2 atom stereocenters. The predicted octanol–water partition coefficient (Wildman–Crippen LogP) is 0.567. The highest BCUT2D eigenvalue weighted by molar-refractivity contribution is 5.91. The van der Waals surface area contributed by atoms with Gasteiger partial charge in [0.25, 0.3) is 0 Å². The molecule has 0 spiro atoms. The van der Waals surface area contributed by atoms with Gasteiger partial charge < -0.3 is 15.8 Å². The van der Waals surface area contributed by atoms with E-state index in [1.54, 1.807) is 13.8 Å². The van der Waals surface area contributed by atoms with Crippen LogP contribution in [0.1, 0.15) is 34.1 Å². The highest BCUT2D eigenvalue weighted by Gasteiger charge is 2.28. The molecule has 19 heavy (non-hydrogen) atoms. The van der Waals surface area contributed by atoms with Crippen molar-refractivity contribution in [2.24, 2.45) is 17.6 Å². The Hall–Kier alpha value is -1.45. The molecule has 0 aliphatic carbocycles. The number of carbonyl (C=O) groups is 2. The Bertz CT molecular complexity index is 348. The SMILES string of the molecule is CC(C)[C@H](N)C(=O)OC(=O)[C@@H](NCCC#N)C(C)C. The lowest BCUT2D eigenvalue weighted by molar-refractivity contribution is -0.163. The van der Waals surface area contributed by atoms with E-state index in [1.165, 1.54) is 0 Å². The molecule has 0 radical (unpaired) electrons. The van der Waals surface area contributed by atoms with Crippen molar-refractivity contribution < 1.29 is 14.3 Å². The molecule has 108 valence electrons. The zero-order chi connectivity index (χ0) is 15.0. The summed E-state index contributed by atoms with van der Waals surface area (Å²) in [6.45, 7) is 7.60. The molecule has 0 heterocycles. The van der Waals surface area contributed by atoms with Crippen LogP contribution in [-0.2, 0) is 14.3 Å². The van der Waals surface area contributed by atoms with Gasteiger partial charge in [-0.3, -0.25) is 0 Å². The third-order valence-corrected chi connectivity index (χ3v) is 2.71. The smallest absolute Gasteiger partial charge is 0.331 e. The first kappa shape index (κ1) is 17.6. The molecule has 0 aromatic carbocycles. The van der Waals surface area contributed by atoms with Crippen LogP contribution in [0.4, 0.5) is 0 Å². The van der Waals surface area contributed by atoms with Gasteiger partial charge in [-0.1, -0.05) is 27.7 Å². The van der Waals surface area contributed by atoms with Gasteiger partial charge in [0.05, 0.1) is 6.07 Å². The second kappa shape index (κ2) is 8.62. The van der Waals surface area contributed by atoms with Crippen molar-refractivity contribution in [1.82, 2.24) is 5.32 Å². The summed E-state index contributed by atoms with van der Waals surface area (Å²) in [7, 11) is 0. The molecule has 0 saturated heterocycles. The molecule has 0 aliphatic rings.